The zero-order valence-electron chi connectivity index (χ0n) is 33.3. The first kappa shape index (κ1) is 46.8. The van der Waals surface area contributed by atoms with Gasteiger partial charge in [0.2, 0.25) is 0 Å². The molecule has 0 N–H and O–H groups in total. The Morgan fingerprint density at radius 1 is 0.350 bits per heavy atom. The first-order chi connectivity index (χ1) is 28.1. The summed E-state index contributed by atoms with van der Waals surface area (Å²) in [7, 11) is -20.8. The maximum Gasteiger partial charge on any atom is 0.126 e. The van der Waals surface area contributed by atoms with E-state index in [0.717, 1.165) is 48.5 Å². The van der Waals surface area contributed by atoms with Gasteiger partial charge >= 0.3 is 0 Å². The molecule has 16 nitrogen and oxygen atoms in total. The predicted molar refractivity (Wildman–Crippen MR) is 212 cm³/mol. The van der Waals surface area contributed by atoms with Crippen molar-refractivity contribution >= 4 is 40.5 Å². The molecule has 0 aromatic heterocycles. The molecule has 0 saturated heterocycles. The molecule has 0 heterocycles. The van der Waals surface area contributed by atoms with Crippen LogP contribution < -0.4 is 18.9 Å². The van der Waals surface area contributed by atoms with Crippen LogP contribution in [0.2, 0.25) is 0 Å². The number of ether oxygens (including phenoxy) is 4. The molecule has 0 saturated carbocycles. The van der Waals surface area contributed by atoms with Crippen LogP contribution in [0.1, 0.15) is 97.9 Å². The van der Waals surface area contributed by atoms with Gasteiger partial charge in [0.05, 0.1) is 46.0 Å². The van der Waals surface area contributed by atoms with Crippen LogP contribution in [0.25, 0.3) is 0 Å². The molecule has 0 unspecified atom stereocenters. The van der Waals surface area contributed by atoms with Gasteiger partial charge in [0.1, 0.15) is 63.5 Å². The van der Waals surface area contributed by atoms with E-state index < -0.39 is 85.7 Å². The molecule has 1 aliphatic carbocycles. The van der Waals surface area contributed by atoms with Crippen molar-refractivity contribution in [2.75, 3.05) is 26.4 Å². The van der Waals surface area contributed by atoms with Crippen LogP contribution in [0.15, 0.2) is 68.1 Å². The third-order valence-electron chi connectivity index (χ3n) is 9.35. The summed E-state index contributed by atoms with van der Waals surface area (Å²) in [6.45, 7) is 7.41. The van der Waals surface area contributed by atoms with Gasteiger partial charge in [0.25, 0.3) is 0 Å². The molecule has 0 amide bonds. The van der Waals surface area contributed by atoms with Crippen molar-refractivity contribution in [2.45, 2.75) is 98.6 Å². The second-order valence-corrected chi connectivity index (χ2v) is 19.7. The summed E-state index contributed by atoms with van der Waals surface area (Å²) in [6, 6.07) is 8.38. The molecule has 5 rings (SSSR count). The Morgan fingerprint density at radius 3 is 0.617 bits per heavy atom. The standard InChI is InChI=1S/C40H48O16S4/c1-5-9-53-37-25-13-27-19-34(58(44,45)46)21-29(38(27)54-10-6-2)15-31-23-36(60(50,51)52)24-32(40(31)56-12-8-4)16-30-22-35(59(47,48)49)20-28(39(30)55-11-7-3)14-26(37)18-33(17-25)57(41,42)43/h17-24H,5-16H2,1-4H3,(H,41,42,43)(H,44,45,46)(H,47,48,49)(H,50,51,52)/p-4. The molecule has 60 heavy (non-hydrogen) atoms. The molecule has 4 aromatic rings. The molecular formula is C40H44O16S4-4. The molecule has 20 heteroatoms. The molecular weight excluding hydrogens is 865 g/mol. The minimum atomic E-state index is -5.21. The Labute approximate surface area is 350 Å². The highest BCUT2D eigenvalue weighted by Crippen LogP contribution is 2.42. The van der Waals surface area contributed by atoms with Gasteiger partial charge in [-0.1, -0.05) is 27.7 Å². The minimum absolute atomic E-state index is 0.0350. The van der Waals surface area contributed by atoms with Gasteiger partial charge in [0, 0.05) is 70.2 Å². The summed E-state index contributed by atoms with van der Waals surface area (Å²) in [5, 5.41) is 0. The Bertz CT molecular complexity index is 2240. The normalized spacial score (nSPS) is 13.5. The van der Waals surface area contributed by atoms with E-state index in [4.69, 9.17) is 18.9 Å². The molecule has 0 fully saturated rings. The van der Waals surface area contributed by atoms with E-state index in [1.54, 1.807) is 27.7 Å². The molecule has 0 atom stereocenters. The van der Waals surface area contributed by atoms with E-state index in [1.807, 2.05) is 0 Å². The van der Waals surface area contributed by atoms with Gasteiger partial charge in [-0.05, 0) is 74.2 Å². The van der Waals surface area contributed by atoms with Crippen LogP contribution in [0, 0.1) is 0 Å². The summed E-state index contributed by atoms with van der Waals surface area (Å²) in [5.41, 5.74) is 0.280. The van der Waals surface area contributed by atoms with Crippen LogP contribution in [0.5, 0.6) is 23.0 Å². The first-order valence-corrected chi connectivity index (χ1v) is 24.7. The van der Waals surface area contributed by atoms with Crippen LogP contribution in [-0.2, 0) is 66.2 Å². The quantitative estimate of drug-likeness (QED) is 0.116. The minimum Gasteiger partial charge on any atom is -0.744 e. The fourth-order valence-electron chi connectivity index (χ4n) is 6.90. The van der Waals surface area contributed by atoms with E-state index in [9.17, 15) is 51.9 Å². The Morgan fingerprint density at radius 2 is 0.500 bits per heavy atom. The fraction of sp³-hybridized carbons (Fsp3) is 0.400. The van der Waals surface area contributed by atoms with Crippen molar-refractivity contribution in [1.29, 1.82) is 0 Å². The van der Waals surface area contributed by atoms with Crippen molar-refractivity contribution in [3.05, 3.63) is 93.0 Å². The predicted octanol–water partition coefficient (Wildman–Crippen LogP) is 5.13. The molecule has 0 radical (unpaired) electrons. The van der Waals surface area contributed by atoms with E-state index in [-0.39, 0.29) is 93.9 Å². The van der Waals surface area contributed by atoms with Crippen molar-refractivity contribution < 1.29 is 70.8 Å². The van der Waals surface area contributed by atoms with Gasteiger partial charge in [0.15, 0.2) is 0 Å². The molecule has 328 valence electrons. The van der Waals surface area contributed by atoms with E-state index in [1.165, 1.54) is 0 Å². The summed E-state index contributed by atoms with van der Waals surface area (Å²) < 4.78 is 178. The van der Waals surface area contributed by atoms with Crippen molar-refractivity contribution in [3.63, 3.8) is 0 Å². The SMILES string of the molecule is CCCOc1c2cc(S(=O)(=O)[O-])cc1Cc1cc(S(=O)(=O)[O-])cc(c1OCCC)Cc1cc(S(=O)(=O)[O-])cc(c1OCCC)Cc1cc(S(=O)(=O)[O-])cc(c1OCCC)C2. The molecule has 8 bridgehead atoms. The van der Waals surface area contributed by atoms with Crippen molar-refractivity contribution in [3.8, 4) is 23.0 Å². The number of hydrogen-bond acceptors (Lipinski definition) is 16. The third kappa shape index (κ3) is 11.1. The number of benzene rings is 4. The topological polar surface area (TPSA) is 266 Å². The number of rotatable bonds is 16. The van der Waals surface area contributed by atoms with Crippen molar-refractivity contribution in [1.82, 2.24) is 0 Å². The summed E-state index contributed by atoms with van der Waals surface area (Å²) >= 11 is 0. The monoisotopic (exact) mass is 908 g/mol. The third-order valence-corrected chi connectivity index (χ3v) is 12.6. The van der Waals surface area contributed by atoms with Crippen LogP contribution >= 0.6 is 0 Å². The van der Waals surface area contributed by atoms with Gasteiger partial charge in [-0.2, -0.15) is 0 Å². The highest BCUT2D eigenvalue weighted by atomic mass is 32.2. The van der Waals surface area contributed by atoms with Crippen LogP contribution in [0.3, 0.4) is 0 Å². The Balaban J connectivity index is 2.05. The zero-order valence-corrected chi connectivity index (χ0v) is 36.5. The Kier molecular flexibility index (Phi) is 14.6. The highest BCUT2D eigenvalue weighted by Gasteiger charge is 2.26. The maximum absolute atomic E-state index is 12.7. The second kappa shape index (κ2) is 18.8. The van der Waals surface area contributed by atoms with Gasteiger partial charge in [-0.15, -0.1) is 0 Å². The largest absolute Gasteiger partial charge is 0.744 e. The van der Waals surface area contributed by atoms with E-state index in [0.29, 0.717) is 25.7 Å². The van der Waals surface area contributed by atoms with Crippen LogP contribution in [0.4, 0.5) is 0 Å². The maximum atomic E-state index is 12.7. The Hall–Kier alpha value is -4.28. The van der Waals surface area contributed by atoms with Crippen molar-refractivity contribution in [2.24, 2.45) is 0 Å². The molecule has 0 spiro atoms. The lowest BCUT2D eigenvalue weighted by Gasteiger charge is -2.25. The lowest BCUT2D eigenvalue weighted by molar-refractivity contribution is 0.304. The summed E-state index contributed by atoms with van der Waals surface area (Å²) in [5.74, 6) is 0.162. The fourth-order valence-corrected chi connectivity index (χ4v) is 9.19. The van der Waals surface area contributed by atoms with Gasteiger partial charge in [-0.3, -0.25) is 0 Å². The highest BCUT2D eigenvalue weighted by molar-refractivity contribution is 7.86. The molecule has 4 aromatic carbocycles. The van der Waals surface area contributed by atoms with Gasteiger partial charge in [-0.25, -0.2) is 33.7 Å². The van der Waals surface area contributed by atoms with E-state index in [2.05, 4.69) is 0 Å². The first-order valence-electron chi connectivity index (χ1n) is 19.1. The number of fused-ring (bicyclic) bond motifs is 8. The lowest BCUT2D eigenvalue weighted by atomic mass is 9.91. The summed E-state index contributed by atoms with van der Waals surface area (Å²) in [4.78, 5) is -2.87. The molecule has 1 aliphatic rings. The average Bonchev–Trinajstić information content (AvgIpc) is 3.14. The number of hydrogen-bond donors (Lipinski definition) is 0. The lowest BCUT2D eigenvalue weighted by Crippen LogP contribution is -2.13. The second-order valence-electron chi connectivity index (χ2n) is 14.2. The smallest absolute Gasteiger partial charge is 0.126 e. The average molecular weight is 909 g/mol. The summed E-state index contributed by atoms with van der Waals surface area (Å²) in [6.07, 6.45) is 0.179. The van der Waals surface area contributed by atoms with Gasteiger partial charge < -0.3 is 37.2 Å². The molecule has 0 aliphatic heterocycles. The zero-order chi connectivity index (χ0) is 44.2. The van der Waals surface area contributed by atoms with E-state index >= 15 is 0 Å². The van der Waals surface area contributed by atoms with Crippen LogP contribution in [-0.4, -0.2) is 78.3 Å².